The van der Waals surface area contributed by atoms with Crippen molar-refractivity contribution in [3.05, 3.63) is 46.8 Å². The Kier molecular flexibility index (Phi) is 6.28. The van der Waals surface area contributed by atoms with E-state index < -0.39 is 13.0 Å². The molecule has 0 bridgehead atoms. The Balaban J connectivity index is 1.80. The van der Waals surface area contributed by atoms with Crippen molar-refractivity contribution < 1.29 is 23.1 Å². The van der Waals surface area contributed by atoms with Gasteiger partial charge in [0.15, 0.2) is 6.61 Å². The summed E-state index contributed by atoms with van der Waals surface area (Å²) in [5, 5.41) is 2.80. The Hall–Kier alpha value is -3.10. The molecule has 0 saturated carbocycles. The van der Waals surface area contributed by atoms with Crippen molar-refractivity contribution in [2.24, 2.45) is 5.92 Å². The smallest absolute Gasteiger partial charge is 0.272 e. The van der Waals surface area contributed by atoms with Gasteiger partial charge in [-0.25, -0.2) is 18.7 Å². The number of amides is 2. The van der Waals surface area contributed by atoms with Crippen LogP contribution in [-0.2, 0) is 11.3 Å². The number of carbonyl (C=O) groups excluding carboxylic acids is 2. The van der Waals surface area contributed by atoms with E-state index in [1.54, 1.807) is 37.8 Å². The Morgan fingerprint density at radius 1 is 1.33 bits per heavy atom. The van der Waals surface area contributed by atoms with Gasteiger partial charge >= 0.3 is 0 Å². The SMILES string of the molecule is Cc1cc(CN2C(=O)c3ccnc(NC(=O)C(C)C)c3C2C)cnc1OCC(F)F. The molecule has 0 saturated heterocycles. The molecule has 1 N–H and O–H groups in total. The zero-order chi connectivity index (χ0) is 22.0. The highest BCUT2D eigenvalue weighted by Gasteiger charge is 2.36. The first-order valence-electron chi connectivity index (χ1n) is 9.66. The van der Waals surface area contributed by atoms with E-state index in [2.05, 4.69) is 15.3 Å². The van der Waals surface area contributed by atoms with Gasteiger partial charge in [0.2, 0.25) is 11.8 Å². The molecule has 0 aliphatic carbocycles. The number of ether oxygens (including phenoxy) is 1. The second kappa shape index (κ2) is 8.73. The van der Waals surface area contributed by atoms with Crippen molar-refractivity contribution in [3.8, 4) is 5.88 Å². The summed E-state index contributed by atoms with van der Waals surface area (Å²) in [6.07, 6.45) is 0.437. The second-order valence-corrected chi connectivity index (χ2v) is 7.54. The lowest BCUT2D eigenvalue weighted by Crippen LogP contribution is -2.26. The van der Waals surface area contributed by atoms with Crippen LogP contribution >= 0.6 is 0 Å². The topological polar surface area (TPSA) is 84.4 Å². The fraction of sp³-hybridized carbons (Fsp3) is 0.429. The first-order chi connectivity index (χ1) is 14.2. The van der Waals surface area contributed by atoms with Crippen molar-refractivity contribution in [1.29, 1.82) is 0 Å². The van der Waals surface area contributed by atoms with Crippen molar-refractivity contribution in [1.82, 2.24) is 14.9 Å². The Morgan fingerprint density at radius 2 is 2.07 bits per heavy atom. The van der Waals surface area contributed by atoms with Gasteiger partial charge in [0, 0.05) is 36.0 Å². The van der Waals surface area contributed by atoms with Crippen LogP contribution in [0.4, 0.5) is 14.6 Å². The number of alkyl halides is 2. The van der Waals surface area contributed by atoms with E-state index in [9.17, 15) is 18.4 Å². The average molecular weight is 418 g/mol. The van der Waals surface area contributed by atoms with Gasteiger partial charge in [0.25, 0.3) is 12.3 Å². The fourth-order valence-corrected chi connectivity index (χ4v) is 3.34. The van der Waals surface area contributed by atoms with E-state index >= 15 is 0 Å². The molecule has 160 valence electrons. The van der Waals surface area contributed by atoms with Gasteiger partial charge in [-0.05, 0) is 31.5 Å². The molecule has 2 aromatic heterocycles. The molecule has 2 aromatic rings. The van der Waals surface area contributed by atoms with Crippen LogP contribution in [0.1, 0.15) is 53.9 Å². The van der Waals surface area contributed by atoms with Gasteiger partial charge in [-0.3, -0.25) is 9.59 Å². The molecule has 0 fully saturated rings. The monoisotopic (exact) mass is 418 g/mol. The minimum absolute atomic E-state index is 0.144. The summed E-state index contributed by atoms with van der Waals surface area (Å²) in [5.41, 5.74) is 2.53. The lowest BCUT2D eigenvalue weighted by molar-refractivity contribution is -0.118. The summed E-state index contributed by atoms with van der Waals surface area (Å²) in [5.74, 6) is -0.0273. The zero-order valence-corrected chi connectivity index (χ0v) is 17.3. The number of anilines is 1. The number of hydrogen-bond donors (Lipinski definition) is 1. The number of nitrogens with one attached hydrogen (secondary N) is 1. The molecule has 9 heteroatoms. The maximum Gasteiger partial charge on any atom is 0.272 e. The predicted molar refractivity (Wildman–Crippen MR) is 106 cm³/mol. The summed E-state index contributed by atoms with van der Waals surface area (Å²) >= 11 is 0. The van der Waals surface area contributed by atoms with E-state index in [4.69, 9.17) is 4.74 Å². The molecular weight excluding hydrogens is 394 g/mol. The van der Waals surface area contributed by atoms with E-state index in [0.29, 0.717) is 22.5 Å². The lowest BCUT2D eigenvalue weighted by Gasteiger charge is -2.23. The number of fused-ring (bicyclic) bond motifs is 1. The summed E-state index contributed by atoms with van der Waals surface area (Å²) in [4.78, 5) is 35.1. The van der Waals surface area contributed by atoms with Crippen LogP contribution in [0.3, 0.4) is 0 Å². The predicted octanol–water partition coefficient (Wildman–Crippen LogP) is 3.74. The highest BCUT2D eigenvalue weighted by molar-refractivity contribution is 6.02. The first kappa shape index (κ1) is 21.6. The van der Waals surface area contributed by atoms with Crippen molar-refractivity contribution in [2.75, 3.05) is 11.9 Å². The van der Waals surface area contributed by atoms with Crippen LogP contribution < -0.4 is 10.1 Å². The largest absolute Gasteiger partial charge is 0.471 e. The van der Waals surface area contributed by atoms with Crippen LogP contribution in [0, 0.1) is 12.8 Å². The minimum Gasteiger partial charge on any atom is -0.471 e. The molecule has 1 atom stereocenters. The summed E-state index contributed by atoms with van der Waals surface area (Å²) in [6, 6.07) is 3.10. The maximum atomic E-state index is 13.0. The van der Waals surface area contributed by atoms with Gasteiger partial charge in [0.05, 0.1) is 11.6 Å². The number of aromatic nitrogens is 2. The molecule has 0 radical (unpaired) electrons. The van der Waals surface area contributed by atoms with Crippen LogP contribution in [0.25, 0.3) is 0 Å². The summed E-state index contributed by atoms with van der Waals surface area (Å²) in [6.45, 7) is 6.70. The van der Waals surface area contributed by atoms with Gasteiger partial charge < -0.3 is 15.0 Å². The molecule has 2 amide bonds. The van der Waals surface area contributed by atoms with Gasteiger partial charge in [-0.2, -0.15) is 0 Å². The lowest BCUT2D eigenvalue weighted by atomic mass is 10.1. The fourth-order valence-electron chi connectivity index (χ4n) is 3.34. The van der Waals surface area contributed by atoms with Gasteiger partial charge in [-0.15, -0.1) is 0 Å². The number of hydrogen-bond acceptors (Lipinski definition) is 5. The van der Waals surface area contributed by atoms with Crippen molar-refractivity contribution in [3.63, 3.8) is 0 Å². The zero-order valence-electron chi connectivity index (χ0n) is 17.3. The number of pyridine rings is 2. The standard InChI is InChI=1S/C21H24F2N4O3/c1-11(2)19(28)26-18-17-13(4)27(21(29)15(17)5-6-24-18)9-14-7-12(3)20(25-8-14)30-10-16(22)23/h5-8,11,13,16H,9-10H2,1-4H3,(H,24,26,28). The summed E-state index contributed by atoms with van der Waals surface area (Å²) < 4.78 is 29.7. The third kappa shape index (κ3) is 4.39. The van der Waals surface area contributed by atoms with Crippen LogP contribution in [0.2, 0.25) is 0 Å². The normalized spacial score (nSPS) is 15.7. The van der Waals surface area contributed by atoms with Crippen molar-refractivity contribution in [2.45, 2.75) is 46.7 Å². The number of halogens is 2. The Labute approximate surface area is 173 Å². The third-order valence-electron chi connectivity index (χ3n) is 4.92. The van der Waals surface area contributed by atoms with E-state index in [-0.39, 0.29) is 36.2 Å². The quantitative estimate of drug-likeness (QED) is 0.741. The molecule has 30 heavy (non-hydrogen) atoms. The Morgan fingerprint density at radius 3 is 2.70 bits per heavy atom. The molecule has 0 spiro atoms. The van der Waals surface area contributed by atoms with E-state index in [0.717, 1.165) is 5.56 Å². The molecule has 1 aliphatic heterocycles. The molecule has 7 nitrogen and oxygen atoms in total. The molecular formula is C21H24F2N4O3. The molecule has 3 heterocycles. The Bertz CT molecular complexity index is 965. The van der Waals surface area contributed by atoms with Gasteiger partial charge in [0.1, 0.15) is 5.82 Å². The number of nitrogens with zero attached hydrogens (tertiary/aromatic N) is 3. The highest BCUT2D eigenvalue weighted by atomic mass is 19.3. The number of carbonyl (C=O) groups is 2. The molecule has 1 aliphatic rings. The first-order valence-corrected chi connectivity index (χ1v) is 9.66. The van der Waals surface area contributed by atoms with E-state index in [1.807, 2.05) is 6.92 Å². The van der Waals surface area contributed by atoms with E-state index in [1.165, 1.54) is 12.4 Å². The highest BCUT2D eigenvalue weighted by Crippen LogP contribution is 2.38. The molecule has 1 unspecified atom stereocenters. The number of rotatable bonds is 7. The number of aryl methyl sites for hydroxylation is 1. The summed E-state index contributed by atoms with van der Waals surface area (Å²) in [7, 11) is 0. The van der Waals surface area contributed by atoms with Crippen LogP contribution in [0.15, 0.2) is 24.5 Å². The second-order valence-electron chi connectivity index (χ2n) is 7.54. The van der Waals surface area contributed by atoms with Crippen molar-refractivity contribution >= 4 is 17.6 Å². The maximum absolute atomic E-state index is 13.0. The molecule has 0 aromatic carbocycles. The third-order valence-corrected chi connectivity index (χ3v) is 4.92. The molecule has 3 rings (SSSR count). The average Bonchev–Trinajstić information content (AvgIpc) is 2.93. The van der Waals surface area contributed by atoms with Crippen LogP contribution in [-0.4, -0.2) is 39.7 Å². The van der Waals surface area contributed by atoms with Gasteiger partial charge in [-0.1, -0.05) is 13.8 Å². The minimum atomic E-state index is -2.58. The van der Waals surface area contributed by atoms with Crippen LogP contribution in [0.5, 0.6) is 5.88 Å².